The van der Waals surface area contributed by atoms with Crippen LogP contribution in [0.5, 0.6) is 5.75 Å². The van der Waals surface area contributed by atoms with E-state index in [4.69, 9.17) is 4.74 Å². The van der Waals surface area contributed by atoms with Crippen LogP contribution in [-0.4, -0.2) is 18.1 Å². The van der Waals surface area contributed by atoms with Gasteiger partial charge in [-0.25, -0.2) is 4.79 Å². The third-order valence-electron chi connectivity index (χ3n) is 2.34. The molecule has 7 heteroatoms. The second kappa shape index (κ2) is 7.13. The van der Waals surface area contributed by atoms with Gasteiger partial charge in [-0.05, 0) is 12.0 Å². The van der Waals surface area contributed by atoms with Crippen LogP contribution in [0.15, 0.2) is 30.5 Å². The Kier molecular flexibility index (Phi) is 5.52. The molecular formula is C13H17N3O4. The van der Waals surface area contributed by atoms with Gasteiger partial charge in [0.15, 0.2) is 0 Å². The van der Waals surface area contributed by atoms with Crippen LogP contribution in [0, 0.1) is 16.0 Å². The summed E-state index contributed by atoms with van der Waals surface area (Å²) in [6.45, 7) is 3.96. The molecule has 7 nitrogen and oxygen atoms in total. The molecule has 1 rings (SSSR count). The van der Waals surface area contributed by atoms with Crippen LogP contribution in [-0.2, 0) is 0 Å². The summed E-state index contributed by atoms with van der Waals surface area (Å²) in [5.41, 5.74) is 0.251. The van der Waals surface area contributed by atoms with Crippen molar-refractivity contribution >= 4 is 17.4 Å². The van der Waals surface area contributed by atoms with Gasteiger partial charge in [-0.15, -0.1) is 0 Å². The molecule has 1 aromatic rings. The summed E-state index contributed by atoms with van der Waals surface area (Å²) in [6, 6.07) is 3.51. The number of anilines is 1. The van der Waals surface area contributed by atoms with Gasteiger partial charge in [0.2, 0.25) is 0 Å². The van der Waals surface area contributed by atoms with E-state index in [1.54, 1.807) is 0 Å². The fraction of sp³-hybridized carbons (Fsp3) is 0.308. The van der Waals surface area contributed by atoms with Gasteiger partial charge in [0, 0.05) is 12.3 Å². The maximum atomic E-state index is 11.6. The van der Waals surface area contributed by atoms with Crippen molar-refractivity contribution in [2.24, 2.45) is 5.92 Å². The number of ether oxygens (including phenoxy) is 1. The van der Waals surface area contributed by atoms with E-state index >= 15 is 0 Å². The highest BCUT2D eigenvalue weighted by molar-refractivity contribution is 5.91. The van der Waals surface area contributed by atoms with E-state index in [0.29, 0.717) is 11.6 Å². The van der Waals surface area contributed by atoms with Crippen LogP contribution < -0.4 is 15.4 Å². The van der Waals surface area contributed by atoms with Gasteiger partial charge in [0.25, 0.3) is 5.69 Å². The van der Waals surface area contributed by atoms with Gasteiger partial charge >= 0.3 is 6.03 Å². The number of hydrogen-bond donors (Lipinski definition) is 2. The molecule has 0 radical (unpaired) electrons. The number of nitrogens with one attached hydrogen (secondary N) is 2. The van der Waals surface area contributed by atoms with Crippen molar-refractivity contribution in [3.8, 4) is 5.75 Å². The third-order valence-corrected chi connectivity index (χ3v) is 2.34. The SMILES string of the molecule is COc1cc([N+](=O)[O-])ccc1NC(=O)N/C=C/C(C)C. The maximum Gasteiger partial charge on any atom is 0.323 e. The van der Waals surface area contributed by atoms with E-state index in [1.807, 2.05) is 19.9 Å². The van der Waals surface area contributed by atoms with E-state index in [0.717, 1.165) is 0 Å². The van der Waals surface area contributed by atoms with Gasteiger partial charge < -0.3 is 15.4 Å². The summed E-state index contributed by atoms with van der Waals surface area (Å²) in [5, 5.41) is 15.7. The van der Waals surface area contributed by atoms with E-state index in [-0.39, 0.29) is 11.4 Å². The van der Waals surface area contributed by atoms with Crippen molar-refractivity contribution < 1.29 is 14.5 Å². The Balaban J connectivity index is 2.77. The van der Waals surface area contributed by atoms with Gasteiger partial charge in [-0.3, -0.25) is 10.1 Å². The number of nitro groups is 1. The van der Waals surface area contributed by atoms with Crippen LogP contribution in [0.4, 0.5) is 16.2 Å². The first-order valence-corrected chi connectivity index (χ1v) is 6.00. The number of urea groups is 1. The van der Waals surface area contributed by atoms with Crippen LogP contribution in [0.1, 0.15) is 13.8 Å². The first kappa shape index (κ1) is 15.5. The highest BCUT2D eigenvalue weighted by atomic mass is 16.6. The number of carbonyl (C=O) groups is 1. The number of nitrogens with zero attached hydrogens (tertiary/aromatic N) is 1. The molecule has 20 heavy (non-hydrogen) atoms. The number of hydrogen-bond acceptors (Lipinski definition) is 4. The van der Waals surface area contributed by atoms with Gasteiger partial charge in [0.05, 0.1) is 23.8 Å². The second-order valence-electron chi connectivity index (χ2n) is 4.34. The lowest BCUT2D eigenvalue weighted by Gasteiger charge is -2.09. The van der Waals surface area contributed by atoms with Gasteiger partial charge in [-0.2, -0.15) is 0 Å². The summed E-state index contributed by atoms with van der Waals surface area (Å²) in [6.07, 6.45) is 3.37. The fourth-order valence-corrected chi connectivity index (χ4v) is 1.37. The average molecular weight is 279 g/mol. The third kappa shape index (κ3) is 4.60. The molecule has 2 amide bonds. The summed E-state index contributed by atoms with van der Waals surface area (Å²) >= 11 is 0. The number of carbonyl (C=O) groups excluding carboxylic acids is 1. The molecule has 0 aliphatic heterocycles. The quantitative estimate of drug-likeness (QED) is 0.640. The predicted molar refractivity (Wildman–Crippen MR) is 75.8 cm³/mol. The molecule has 0 saturated heterocycles. The van der Waals surface area contributed by atoms with E-state index in [9.17, 15) is 14.9 Å². The van der Waals surface area contributed by atoms with Crippen LogP contribution in [0.3, 0.4) is 0 Å². The smallest absolute Gasteiger partial charge is 0.323 e. The Morgan fingerprint density at radius 2 is 2.15 bits per heavy atom. The van der Waals surface area contributed by atoms with Gasteiger partial charge in [0.1, 0.15) is 5.75 Å². The predicted octanol–water partition coefficient (Wildman–Crippen LogP) is 2.89. The Morgan fingerprint density at radius 3 is 2.70 bits per heavy atom. The lowest BCUT2D eigenvalue weighted by Crippen LogP contribution is -2.24. The molecule has 2 N–H and O–H groups in total. The zero-order valence-corrected chi connectivity index (χ0v) is 11.5. The second-order valence-corrected chi connectivity index (χ2v) is 4.34. The van der Waals surface area contributed by atoms with Crippen LogP contribution in [0.2, 0.25) is 0 Å². The van der Waals surface area contributed by atoms with Crippen molar-refractivity contribution in [1.29, 1.82) is 0 Å². The molecule has 0 aromatic heterocycles. The Hall–Kier alpha value is -2.57. The largest absolute Gasteiger partial charge is 0.494 e. The monoisotopic (exact) mass is 279 g/mol. The minimum atomic E-state index is -0.530. The summed E-state index contributed by atoms with van der Waals surface area (Å²) in [7, 11) is 1.38. The average Bonchev–Trinajstić information content (AvgIpc) is 2.38. The number of benzene rings is 1. The molecule has 0 saturated carbocycles. The van der Waals surface area contributed by atoms with Crippen molar-refractivity contribution in [3.63, 3.8) is 0 Å². The standard InChI is InChI=1S/C13H17N3O4/c1-9(2)6-7-14-13(17)15-11-5-4-10(16(18)19)8-12(11)20-3/h4-9H,1-3H3,(H2,14,15,17)/b7-6+. The molecule has 1 aromatic carbocycles. The fourth-order valence-electron chi connectivity index (χ4n) is 1.37. The first-order valence-electron chi connectivity index (χ1n) is 6.00. The number of non-ortho nitro benzene ring substituents is 1. The lowest BCUT2D eigenvalue weighted by atomic mass is 10.2. The summed E-state index contributed by atoms with van der Waals surface area (Å²) < 4.78 is 5.01. The van der Waals surface area contributed by atoms with E-state index in [1.165, 1.54) is 31.5 Å². The van der Waals surface area contributed by atoms with Crippen molar-refractivity contribution in [2.45, 2.75) is 13.8 Å². The molecule has 0 unspecified atom stereocenters. The number of rotatable bonds is 5. The summed E-state index contributed by atoms with van der Waals surface area (Å²) in [5.74, 6) is 0.548. The topological polar surface area (TPSA) is 93.5 Å². The van der Waals surface area contributed by atoms with Crippen molar-refractivity contribution in [3.05, 3.63) is 40.6 Å². The van der Waals surface area contributed by atoms with Crippen LogP contribution >= 0.6 is 0 Å². The molecule has 108 valence electrons. The molecule has 0 heterocycles. The molecule has 0 aliphatic rings. The number of methoxy groups -OCH3 is 1. The maximum absolute atomic E-state index is 11.6. The molecule has 0 spiro atoms. The normalized spacial score (nSPS) is 10.6. The molecular weight excluding hydrogens is 262 g/mol. The van der Waals surface area contributed by atoms with E-state index in [2.05, 4.69) is 10.6 Å². The zero-order chi connectivity index (χ0) is 15.1. The highest BCUT2D eigenvalue weighted by Crippen LogP contribution is 2.28. The first-order chi connectivity index (χ1) is 9.43. The lowest BCUT2D eigenvalue weighted by molar-refractivity contribution is -0.384. The van der Waals surface area contributed by atoms with Gasteiger partial charge in [-0.1, -0.05) is 19.9 Å². The minimum Gasteiger partial charge on any atom is -0.494 e. The minimum absolute atomic E-state index is 0.104. The van der Waals surface area contributed by atoms with Crippen molar-refractivity contribution in [2.75, 3.05) is 12.4 Å². The zero-order valence-electron chi connectivity index (χ0n) is 11.5. The molecule has 0 aliphatic carbocycles. The highest BCUT2D eigenvalue weighted by Gasteiger charge is 2.12. The number of amides is 2. The Labute approximate surface area is 116 Å². The molecule has 0 bridgehead atoms. The summed E-state index contributed by atoms with van der Waals surface area (Å²) in [4.78, 5) is 21.7. The van der Waals surface area contributed by atoms with Crippen molar-refractivity contribution in [1.82, 2.24) is 5.32 Å². The Morgan fingerprint density at radius 1 is 1.45 bits per heavy atom. The Bertz CT molecular complexity index is 526. The number of nitro benzene ring substituents is 1. The van der Waals surface area contributed by atoms with E-state index < -0.39 is 11.0 Å². The molecule has 0 atom stereocenters. The number of allylic oxidation sites excluding steroid dienone is 1. The molecule has 0 fully saturated rings. The van der Waals surface area contributed by atoms with Crippen LogP contribution in [0.25, 0.3) is 0 Å².